The predicted molar refractivity (Wildman–Crippen MR) is 103 cm³/mol. The number of methoxy groups -OCH3 is 1. The smallest absolute Gasteiger partial charge is 0.243 e. The van der Waals surface area contributed by atoms with E-state index < -0.39 is 15.9 Å². The molecule has 9 heteroatoms. The Morgan fingerprint density at radius 2 is 1.69 bits per heavy atom. The van der Waals surface area contributed by atoms with Gasteiger partial charge in [0, 0.05) is 6.54 Å². The molecule has 2 aromatic carbocycles. The third-order valence-corrected chi connectivity index (χ3v) is 6.16. The molecule has 2 aromatic rings. The summed E-state index contributed by atoms with van der Waals surface area (Å²) in [7, 11) is -2.34. The molecule has 0 heterocycles. The van der Waals surface area contributed by atoms with Crippen LogP contribution in [0.3, 0.4) is 0 Å². The van der Waals surface area contributed by atoms with E-state index in [1.54, 1.807) is 37.3 Å². The van der Waals surface area contributed by atoms with Crippen molar-refractivity contribution in [1.82, 2.24) is 4.31 Å². The van der Waals surface area contributed by atoms with Gasteiger partial charge >= 0.3 is 0 Å². The van der Waals surface area contributed by atoms with Crippen LogP contribution in [0, 0.1) is 0 Å². The number of benzene rings is 2. The molecular weight excluding hydrogens is 399 g/mol. The van der Waals surface area contributed by atoms with Gasteiger partial charge in [-0.05, 0) is 36.4 Å². The van der Waals surface area contributed by atoms with Gasteiger partial charge < -0.3 is 10.1 Å². The lowest BCUT2D eigenvalue weighted by atomic mass is 10.3. The van der Waals surface area contributed by atoms with Crippen molar-refractivity contribution in [2.75, 3.05) is 25.5 Å². The topological polar surface area (TPSA) is 75.7 Å². The Kier molecular flexibility index (Phi) is 6.88. The highest BCUT2D eigenvalue weighted by molar-refractivity contribution is 7.89. The zero-order valence-corrected chi connectivity index (χ0v) is 16.5. The van der Waals surface area contributed by atoms with Gasteiger partial charge in [-0.25, -0.2) is 8.42 Å². The lowest BCUT2D eigenvalue weighted by molar-refractivity contribution is -0.116. The number of carbonyl (C=O) groups is 1. The minimum atomic E-state index is -3.83. The van der Waals surface area contributed by atoms with Crippen molar-refractivity contribution in [2.45, 2.75) is 11.8 Å². The van der Waals surface area contributed by atoms with Crippen LogP contribution in [0.5, 0.6) is 5.75 Å². The Morgan fingerprint density at radius 3 is 2.19 bits per heavy atom. The highest BCUT2D eigenvalue weighted by Crippen LogP contribution is 2.29. The van der Waals surface area contributed by atoms with Gasteiger partial charge in [0.2, 0.25) is 15.9 Å². The first kappa shape index (κ1) is 20.5. The van der Waals surface area contributed by atoms with Gasteiger partial charge in [-0.15, -0.1) is 0 Å². The van der Waals surface area contributed by atoms with Gasteiger partial charge in [-0.2, -0.15) is 4.31 Å². The van der Waals surface area contributed by atoms with Gasteiger partial charge in [0.1, 0.15) is 5.75 Å². The van der Waals surface area contributed by atoms with E-state index in [4.69, 9.17) is 27.9 Å². The summed E-state index contributed by atoms with van der Waals surface area (Å²) in [5.74, 6) is -0.00274. The number of hydrogen-bond donors (Lipinski definition) is 1. The SMILES string of the molecule is CCN(CC(=O)Nc1c(Cl)cccc1Cl)S(=O)(=O)c1ccc(OC)cc1. The lowest BCUT2D eigenvalue weighted by Gasteiger charge is -2.20. The van der Waals surface area contributed by atoms with E-state index >= 15 is 0 Å². The third-order valence-electron chi connectivity index (χ3n) is 3.60. The summed E-state index contributed by atoms with van der Waals surface area (Å²) in [6.45, 7) is 1.40. The van der Waals surface area contributed by atoms with E-state index in [0.29, 0.717) is 5.75 Å². The van der Waals surface area contributed by atoms with Gasteiger partial charge in [0.25, 0.3) is 0 Å². The summed E-state index contributed by atoms with van der Waals surface area (Å²) < 4.78 is 31.6. The fourth-order valence-electron chi connectivity index (χ4n) is 2.22. The average Bonchev–Trinajstić information content (AvgIpc) is 2.62. The van der Waals surface area contributed by atoms with Crippen molar-refractivity contribution < 1.29 is 17.9 Å². The monoisotopic (exact) mass is 416 g/mol. The van der Waals surface area contributed by atoms with Crippen LogP contribution in [0.1, 0.15) is 6.92 Å². The molecule has 0 spiro atoms. The highest BCUT2D eigenvalue weighted by Gasteiger charge is 2.25. The molecule has 0 fully saturated rings. The molecule has 0 aliphatic rings. The molecule has 1 N–H and O–H groups in total. The molecule has 1 amide bonds. The summed E-state index contributed by atoms with van der Waals surface area (Å²) in [5, 5.41) is 3.10. The Hall–Kier alpha value is -1.80. The van der Waals surface area contributed by atoms with Crippen LogP contribution in [0.15, 0.2) is 47.4 Å². The van der Waals surface area contributed by atoms with Crippen molar-refractivity contribution in [1.29, 1.82) is 0 Å². The van der Waals surface area contributed by atoms with E-state index in [2.05, 4.69) is 5.32 Å². The summed E-state index contributed by atoms with van der Waals surface area (Å²) in [5.41, 5.74) is 0.249. The second-order valence-electron chi connectivity index (χ2n) is 5.25. The molecule has 0 aliphatic heterocycles. The quantitative estimate of drug-likeness (QED) is 0.746. The summed E-state index contributed by atoms with van der Waals surface area (Å²) in [6, 6.07) is 10.8. The number of anilines is 1. The number of amides is 1. The van der Waals surface area contributed by atoms with Crippen molar-refractivity contribution in [3.63, 3.8) is 0 Å². The van der Waals surface area contributed by atoms with Gasteiger partial charge in [-0.3, -0.25) is 4.79 Å². The summed E-state index contributed by atoms with van der Waals surface area (Å²) in [4.78, 5) is 12.4. The van der Waals surface area contributed by atoms with Crippen molar-refractivity contribution >= 4 is 44.8 Å². The molecule has 0 aromatic heterocycles. The number of halogens is 2. The van der Waals surface area contributed by atoms with E-state index in [9.17, 15) is 13.2 Å². The molecule has 140 valence electrons. The normalized spacial score (nSPS) is 11.4. The van der Waals surface area contributed by atoms with Crippen LogP contribution < -0.4 is 10.1 Å². The number of hydrogen-bond acceptors (Lipinski definition) is 4. The molecule has 2 rings (SSSR count). The number of para-hydroxylation sites is 1. The number of likely N-dealkylation sites (N-methyl/N-ethyl adjacent to an activating group) is 1. The average molecular weight is 417 g/mol. The number of ether oxygens (including phenoxy) is 1. The molecule has 26 heavy (non-hydrogen) atoms. The fourth-order valence-corrected chi connectivity index (χ4v) is 4.12. The van der Waals surface area contributed by atoms with E-state index in [0.717, 1.165) is 4.31 Å². The first-order chi connectivity index (χ1) is 12.3. The van der Waals surface area contributed by atoms with Crippen LogP contribution in [0.2, 0.25) is 10.0 Å². The van der Waals surface area contributed by atoms with Gasteiger partial charge in [0.05, 0.1) is 34.3 Å². The second-order valence-corrected chi connectivity index (χ2v) is 8.00. The van der Waals surface area contributed by atoms with Crippen LogP contribution in [0.25, 0.3) is 0 Å². The molecule has 0 saturated carbocycles. The minimum absolute atomic E-state index is 0.0729. The summed E-state index contributed by atoms with van der Waals surface area (Å²) >= 11 is 12.0. The van der Waals surface area contributed by atoms with E-state index in [1.165, 1.54) is 19.2 Å². The number of nitrogens with zero attached hydrogens (tertiary/aromatic N) is 1. The lowest BCUT2D eigenvalue weighted by Crippen LogP contribution is -2.37. The Balaban J connectivity index is 2.18. The maximum absolute atomic E-state index is 12.7. The standard InChI is InChI=1S/C17H18Cl2N2O4S/c1-3-21(26(23,24)13-9-7-12(25-2)8-10-13)11-16(22)20-17-14(18)5-4-6-15(17)19/h4-10H,3,11H2,1-2H3,(H,20,22). The first-order valence-electron chi connectivity index (χ1n) is 7.67. The third kappa shape index (κ3) is 4.67. The van der Waals surface area contributed by atoms with Crippen molar-refractivity contribution in [3.8, 4) is 5.75 Å². The molecule has 0 radical (unpaired) electrons. The maximum Gasteiger partial charge on any atom is 0.243 e. The summed E-state index contributed by atoms with van der Waals surface area (Å²) in [6.07, 6.45) is 0. The van der Waals surface area contributed by atoms with Crippen molar-refractivity contribution in [3.05, 3.63) is 52.5 Å². The van der Waals surface area contributed by atoms with Gasteiger partial charge in [-0.1, -0.05) is 36.2 Å². The zero-order chi connectivity index (χ0) is 19.3. The fraction of sp³-hybridized carbons (Fsp3) is 0.235. The molecule has 0 unspecified atom stereocenters. The Bertz CT molecular complexity index is 866. The predicted octanol–water partition coefficient (Wildman–Crippen LogP) is 3.65. The molecule has 0 aliphatic carbocycles. The number of sulfonamides is 1. The van der Waals surface area contributed by atoms with Crippen LogP contribution in [0.4, 0.5) is 5.69 Å². The highest BCUT2D eigenvalue weighted by atomic mass is 35.5. The Labute approximate surface area is 162 Å². The first-order valence-corrected chi connectivity index (χ1v) is 9.87. The second kappa shape index (κ2) is 8.73. The molecular formula is C17H18Cl2N2O4S. The van der Waals surface area contributed by atoms with E-state index in [1.807, 2.05) is 0 Å². The minimum Gasteiger partial charge on any atom is -0.497 e. The molecule has 0 atom stereocenters. The van der Waals surface area contributed by atoms with Crippen molar-refractivity contribution in [2.24, 2.45) is 0 Å². The van der Waals surface area contributed by atoms with Crippen LogP contribution in [-0.2, 0) is 14.8 Å². The maximum atomic E-state index is 12.7. The molecule has 0 bridgehead atoms. The number of carbonyl (C=O) groups excluding carboxylic acids is 1. The Morgan fingerprint density at radius 1 is 1.12 bits per heavy atom. The van der Waals surface area contributed by atoms with E-state index in [-0.39, 0.29) is 33.7 Å². The number of nitrogens with one attached hydrogen (secondary N) is 1. The molecule has 6 nitrogen and oxygen atoms in total. The zero-order valence-electron chi connectivity index (χ0n) is 14.2. The van der Waals surface area contributed by atoms with Crippen LogP contribution in [-0.4, -0.2) is 38.8 Å². The largest absolute Gasteiger partial charge is 0.497 e. The van der Waals surface area contributed by atoms with Crippen LogP contribution >= 0.6 is 23.2 Å². The number of rotatable bonds is 7. The van der Waals surface area contributed by atoms with Gasteiger partial charge in [0.15, 0.2) is 0 Å². The molecule has 0 saturated heterocycles.